The van der Waals surface area contributed by atoms with Crippen molar-refractivity contribution in [1.82, 2.24) is 53.2 Å². The van der Waals surface area contributed by atoms with E-state index >= 15 is 0 Å². The van der Waals surface area contributed by atoms with Gasteiger partial charge in [-0.05, 0) is 50.7 Å². The van der Waals surface area contributed by atoms with Crippen molar-refractivity contribution in [1.29, 1.82) is 0 Å². The molecule has 79 heavy (non-hydrogen) atoms. The van der Waals surface area contributed by atoms with Gasteiger partial charge in [0.25, 0.3) is 0 Å². The Morgan fingerprint density at radius 2 is 1.09 bits per heavy atom. The van der Waals surface area contributed by atoms with E-state index in [0.29, 0.717) is 86.9 Å². The summed E-state index contributed by atoms with van der Waals surface area (Å²) in [6, 6.07) is 2.85. The number of amides is 9. The van der Waals surface area contributed by atoms with Crippen LogP contribution in [0.1, 0.15) is 96.3 Å². The number of hydrogen-bond acceptors (Lipinski definition) is 18. The molecular formula is C49H76BN11O17S. The molecular weight excluding hydrogens is 1060 g/mol. The quantitative estimate of drug-likeness (QED) is 0.00798. The Morgan fingerprint density at radius 1 is 0.595 bits per heavy atom. The summed E-state index contributed by atoms with van der Waals surface area (Å²) in [6.07, 6.45) is 2.68. The van der Waals surface area contributed by atoms with Crippen molar-refractivity contribution in [3.05, 3.63) is 36.5 Å². The lowest BCUT2D eigenvalue weighted by molar-refractivity contribution is -0.140. The Balaban J connectivity index is 2.16. The predicted molar refractivity (Wildman–Crippen MR) is 288 cm³/mol. The highest BCUT2D eigenvalue weighted by atomic mass is 32.2. The smallest absolute Gasteiger partial charge is 0.322 e. The number of aliphatic hydroxyl groups excluding tert-OH is 1. The van der Waals surface area contributed by atoms with Crippen molar-refractivity contribution in [3.8, 4) is 0 Å². The number of benzene rings is 1. The minimum atomic E-state index is -1.45. The highest BCUT2D eigenvalue weighted by molar-refractivity contribution is 8.13. The van der Waals surface area contributed by atoms with Gasteiger partial charge in [-0.15, -0.1) is 0 Å². The van der Waals surface area contributed by atoms with Crippen molar-refractivity contribution in [2.45, 2.75) is 115 Å². The number of carbonyl (C=O) groups excluding carboxylic acids is 10. The first-order valence-electron chi connectivity index (χ1n) is 25.7. The number of carbonyl (C=O) groups is 12. The van der Waals surface area contributed by atoms with E-state index in [2.05, 4.69) is 59.7 Å². The summed E-state index contributed by atoms with van der Waals surface area (Å²) >= 11 is 0.439. The first kappa shape index (κ1) is 69.9. The van der Waals surface area contributed by atoms with Gasteiger partial charge in [0.1, 0.15) is 32.8 Å². The Hall–Kier alpha value is -7.15. The molecule has 0 aromatic heterocycles. The highest BCUT2D eigenvalue weighted by Gasteiger charge is 2.26. The van der Waals surface area contributed by atoms with Crippen LogP contribution in [0, 0.1) is 0 Å². The average molecular weight is 1130 g/mol. The van der Waals surface area contributed by atoms with Gasteiger partial charge >= 0.3 is 17.2 Å². The van der Waals surface area contributed by atoms with E-state index in [0.717, 1.165) is 12.0 Å². The molecule has 9 amide bonds. The molecule has 0 aliphatic carbocycles. The molecule has 0 saturated carbocycles. The number of unbranched alkanes of at least 4 members (excludes halogenated alkanes) is 2. The summed E-state index contributed by atoms with van der Waals surface area (Å²) in [5, 5.41) is 64.4. The number of allylic oxidation sites excluding steroid dienone is 1. The van der Waals surface area contributed by atoms with E-state index in [-0.39, 0.29) is 114 Å². The number of nitrogens with zero attached hydrogens (tertiary/aromatic N) is 1. The number of hydrogen-bond donors (Lipinski definition) is 14. The lowest BCUT2D eigenvalue weighted by atomic mass is 9.96. The Kier molecular flexibility index (Phi) is 37.9. The molecule has 0 heterocycles. The molecule has 3 unspecified atom stereocenters. The minimum absolute atomic E-state index is 0.000868. The van der Waals surface area contributed by atoms with E-state index in [1.165, 1.54) is 24.3 Å². The van der Waals surface area contributed by atoms with Gasteiger partial charge in [0.05, 0.1) is 12.3 Å². The van der Waals surface area contributed by atoms with Gasteiger partial charge in [-0.3, -0.25) is 57.9 Å². The zero-order chi connectivity index (χ0) is 58.8. The van der Waals surface area contributed by atoms with E-state index in [1.807, 2.05) is 0 Å². The fourth-order valence-corrected chi connectivity index (χ4v) is 7.35. The van der Waals surface area contributed by atoms with E-state index in [9.17, 15) is 73.0 Å². The second-order valence-corrected chi connectivity index (χ2v) is 18.4. The highest BCUT2D eigenvalue weighted by Crippen LogP contribution is 2.17. The topological polar surface area (TPSA) is 419 Å². The molecule has 0 bridgehead atoms. The van der Waals surface area contributed by atoms with Gasteiger partial charge in [-0.2, -0.15) is 5.06 Å². The van der Waals surface area contributed by atoms with Crippen LogP contribution in [-0.2, 0) is 57.5 Å². The maximum absolute atomic E-state index is 12.8. The van der Waals surface area contributed by atoms with Crippen LogP contribution in [0.25, 0.3) is 0 Å². The number of aliphatic hydroxyl groups is 1. The molecule has 0 fully saturated rings. The van der Waals surface area contributed by atoms with Crippen LogP contribution in [0.5, 0.6) is 0 Å². The number of rotatable bonds is 45. The monoisotopic (exact) mass is 1130 g/mol. The van der Waals surface area contributed by atoms with E-state index in [1.54, 1.807) is 0 Å². The van der Waals surface area contributed by atoms with E-state index < -0.39 is 77.9 Å². The molecule has 1 aromatic rings. The fraction of sp³-hybridized carbons (Fsp3) is 0.592. The number of anilines is 1. The third kappa shape index (κ3) is 37.3. The van der Waals surface area contributed by atoms with Gasteiger partial charge in [0.15, 0.2) is 6.29 Å². The second kappa shape index (κ2) is 42.8. The van der Waals surface area contributed by atoms with Crippen LogP contribution in [-0.4, -0.2) is 189 Å². The van der Waals surface area contributed by atoms with Gasteiger partial charge in [0.2, 0.25) is 47.3 Å². The predicted octanol–water partition coefficient (Wildman–Crippen LogP) is -2.56. The number of carboxylic acid groups (broad SMARTS) is 2. The van der Waals surface area contributed by atoms with Gasteiger partial charge < -0.3 is 78.0 Å². The number of hydroxylamine groups is 1. The SMILES string of the molecule is [B]c1ccc(N(O)C(=O)SCC(NC(=O)CCC(NCCC(O)OCCNC(=O)CCNC(=O)CCNC(=O)CCNC(=O)CCCCC(=C)NCCNC(=O)CCCCC(=O)NCCC=O)C(=O)O)C(=O)NCC(=O)O)cc1. The third-order valence-electron chi connectivity index (χ3n) is 10.8. The summed E-state index contributed by atoms with van der Waals surface area (Å²) in [7, 11) is 5.61. The number of aliphatic carboxylic acids is 2. The molecule has 0 aliphatic heterocycles. The van der Waals surface area contributed by atoms with Crippen molar-refractivity contribution in [2.75, 3.05) is 76.3 Å². The average Bonchev–Trinajstić information content (AvgIpc) is 3.40. The lowest BCUT2D eigenvalue weighted by Gasteiger charge is -2.20. The molecule has 14 N–H and O–H groups in total. The normalized spacial score (nSPS) is 11.8. The summed E-state index contributed by atoms with van der Waals surface area (Å²) in [5.41, 5.74) is 1.21. The van der Waals surface area contributed by atoms with Crippen molar-refractivity contribution in [3.63, 3.8) is 0 Å². The number of ether oxygens (including phenoxy) is 1. The molecule has 438 valence electrons. The third-order valence-corrected chi connectivity index (χ3v) is 11.8. The van der Waals surface area contributed by atoms with Crippen LogP contribution < -0.4 is 63.7 Å². The van der Waals surface area contributed by atoms with Gasteiger partial charge in [-0.25, -0.2) is 0 Å². The number of thioether (sulfide) groups is 1. The van der Waals surface area contributed by atoms with E-state index in [4.69, 9.17) is 17.7 Å². The first-order chi connectivity index (χ1) is 37.7. The van der Waals surface area contributed by atoms with Crippen molar-refractivity contribution in [2.24, 2.45) is 0 Å². The molecule has 0 aliphatic rings. The number of carboxylic acids is 2. The van der Waals surface area contributed by atoms with Crippen LogP contribution >= 0.6 is 11.8 Å². The first-order valence-corrected chi connectivity index (χ1v) is 26.7. The zero-order valence-electron chi connectivity index (χ0n) is 44.2. The lowest BCUT2D eigenvalue weighted by Crippen LogP contribution is -2.50. The summed E-state index contributed by atoms with van der Waals surface area (Å²) in [6.45, 7) is 4.34. The fourth-order valence-electron chi connectivity index (χ4n) is 6.58. The molecule has 2 radical (unpaired) electrons. The molecule has 1 aromatic carbocycles. The van der Waals surface area contributed by atoms with Gasteiger partial charge in [0, 0.05) is 122 Å². The number of nitrogens with one attached hydrogen (secondary N) is 10. The molecule has 3 atom stereocenters. The van der Waals surface area contributed by atoms with Crippen LogP contribution in [0.4, 0.5) is 10.5 Å². The molecule has 0 spiro atoms. The van der Waals surface area contributed by atoms with Crippen LogP contribution in [0.15, 0.2) is 36.5 Å². The number of aldehydes is 1. The summed E-state index contributed by atoms with van der Waals surface area (Å²) < 4.78 is 5.24. The second-order valence-electron chi connectivity index (χ2n) is 17.5. The van der Waals surface area contributed by atoms with Crippen molar-refractivity contribution < 1.29 is 82.8 Å². The molecule has 30 heteroatoms. The Bertz CT molecular complexity index is 2140. The Morgan fingerprint density at radius 3 is 1.62 bits per heavy atom. The maximum Gasteiger partial charge on any atom is 0.322 e. The van der Waals surface area contributed by atoms with Gasteiger partial charge in [-0.1, -0.05) is 35.9 Å². The molecule has 0 saturated heterocycles. The summed E-state index contributed by atoms with van der Waals surface area (Å²) in [5.74, 6) is -6.56. The zero-order valence-corrected chi connectivity index (χ0v) is 45.1. The minimum Gasteiger partial charge on any atom is -0.480 e. The molecule has 1 rings (SSSR count). The standard InChI is InChI=1S/C49H76BN11O17S/c1-33(51-26-27-57-40(65)10-5-4-9-38(63)53-21-6-29-62)7-2-3-8-39(64)54-22-17-41(66)55-23-18-42(67)56-24-19-43(68)58-28-30-78-46(72)20-25-52-36(48(74)75)15-16-44(69)60-37(47(73)59-31-45(70)71)32-79-49(76)61(77)35-13-11-34(50)12-14-35/h11-14,29,36-37,46,51-52,72,77H,1-10,15-28,30-32H2,(H,53,63)(H,54,64)(H,55,66)(H,56,67)(H,57,65)(H,58,68)(H,59,73)(H,60,69)(H,70,71)(H,74,75). The summed E-state index contributed by atoms with van der Waals surface area (Å²) in [4.78, 5) is 143. The van der Waals surface area contributed by atoms with Crippen LogP contribution in [0.2, 0.25) is 0 Å². The van der Waals surface area contributed by atoms with Crippen LogP contribution in [0.3, 0.4) is 0 Å². The largest absolute Gasteiger partial charge is 0.480 e. The maximum atomic E-state index is 12.8. The molecule has 28 nitrogen and oxygen atoms in total. The van der Waals surface area contributed by atoms with Crippen molar-refractivity contribution >= 4 is 101 Å². The Labute approximate surface area is 463 Å².